The Hall–Kier alpha value is -2.04. The third-order valence-electron chi connectivity index (χ3n) is 5.13. The molecule has 1 aromatic carbocycles. The number of hydrogen-bond acceptors (Lipinski definition) is 3. The molecule has 3 rings (SSSR count). The summed E-state index contributed by atoms with van der Waals surface area (Å²) >= 11 is 0. The molecule has 0 radical (unpaired) electrons. The minimum Gasteiger partial charge on any atom is -0.488 e. The maximum absolute atomic E-state index is 13.2. The van der Waals surface area contributed by atoms with Crippen molar-refractivity contribution in [2.45, 2.75) is 70.6 Å². The van der Waals surface area contributed by atoms with Gasteiger partial charge in [0, 0.05) is 18.0 Å². The van der Waals surface area contributed by atoms with Gasteiger partial charge in [0.15, 0.2) is 0 Å². The third-order valence-corrected chi connectivity index (χ3v) is 5.13. The fraction of sp³-hybridized carbons (Fsp3) is 0.600. The number of carbonyl (C=O) groups is 2. The number of nitrogens with zero attached hydrogens (tertiary/aromatic N) is 1. The molecule has 1 heterocycles. The normalized spacial score (nSPS) is 24.0. The molecule has 2 amide bonds. The van der Waals surface area contributed by atoms with Gasteiger partial charge in [-0.25, -0.2) is 0 Å². The molecule has 0 aromatic heterocycles. The second-order valence-electron chi connectivity index (χ2n) is 7.11. The van der Waals surface area contributed by atoms with E-state index in [-0.39, 0.29) is 24.0 Å². The van der Waals surface area contributed by atoms with E-state index in [1.54, 1.807) is 4.90 Å². The van der Waals surface area contributed by atoms with E-state index >= 15 is 0 Å². The Morgan fingerprint density at radius 3 is 2.64 bits per heavy atom. The summed E-state index contributed by atoms with van der Waals surface area (Å²) in [6.07, 6.45) is 5.83. The number of hydrogen-bond donors (Lipinski definition) is 1. The largest absolute Gasteiger partial charge is 0.488 e. The highest BCUT2D eigenvalue weighted by Gasteiger charge is 2.37. The van der Waals surface area contributed by atoms with E-state index in [1.165, 1.54) is 6.42 Å². The van der Waals surface area contributed by atoms with Gasteiger partial charge in [0.25, 0.3) is 0 Å². The van der Waals surface area contributed by atoms with Crippen molar-refractivity contribution in [1.29, 1.82) is 0 Å². The quantitative estimate of drug-likeness (QED) is 0.916. The Balaban J connectivity index is 1.92. The molecule has 0 unspecified atom stereocenters. The summed E-state index contributed by atoms with van der Waals surface area (Å²) in [4.78, 5) is 27.4. The molecular weight excluding hydrogens is 316 g/mol. The SMILES string of the molecule is CCC(=O)N1C[C@H](C)Oc2ccccc2[C@@H]1C(=O)NC1CCCCC1. The molecule has 0 spiro atoms. The zero-order valence-electron chi connectivity index (χ0n) is 15.2. The van der Waals surface area contributed by atoms with Crippen molar-refractivity contribution in [2.24, 2.45) is 0 Å². The van der Waals surface area contributed by atoms with Gasteiger partial charge < -0.3 is 15.0 Å². The number of fused-ring (bicyclic) bond motifs is 1. The standard InChI is InChI=1S/C20H28N2O3/c1-3-18(23)22-13-14(2)25-17-12-8-7-11-16(17)19(22)20(24)21-15-9-5-4-6-10-15/h7-8,11-12,14-15,19H,3-6,9-10,13H2,1-2H3,(H,21,24)/t14-,19+/m0/s1. The zero-order chi connectivity index (χ0) is 17.8. The average molecular weight is 344 g/mol. The number of rotatable bonds is 3. The number of ether oxygens (including phenoxy) is 1. The number of benzene rings is 1. The van der Waals surface area contributed by atoms with Crippen LogP contribution in [-0.4, -0.2) is 35.4 Å². The highest BCUT2D eigenvalue weighted by atomic mass is 16.5. The van der Waals surface area contributed by atoms with Crippen LogP contribution in [0.3, 0.4) is 0 Å². The topological polar surface area (TPSA) is 58.6 Å². The molecule has 1 saturated carbocycles. The Morgan fingerprint density at radius 2 is 1.92 bits per heavy atom. The maximum Gasteiger partial charge on any atom is 0.247 e. The van der Waals surface area contributed by atoms with Gasteiger partial charge >= 0.3 is 0 Å². The summed E-state index contributed by atoms with van der Waals surface area (Å²) in [5.41, 5.74) is 0.780. The van der Waals surface area contributed by atoms with Crippen molar-refractivity contribution in [3.63, 3.8) is 0 Å². The highest BCUT2D eigenvalue weighted by molar-refractivity contribution is 5.89. The van der Waals surface area contributed by atoms with E-state index in [0.29, 0.717) is 18.7 Å². The summed E-state index contributed by atoms with van der Waals surface area (Å²) < 4.78 is 5.98. The van der Waals surface area contributed by atoms with E-state index in [0.717, 1.165) is 31.2 Å². The van der Waals surface area contributed by atoms with Crippen molar-refractivity contribution in [3.05, 3.63) is 29.8 Å². The number of para-hydroxylation sites is 1. The zero-order valence-corrected chi connectivity index (χ0v) is 15.2. The lowest BCUT2D eigenvalue weighted by Gasteiger charge is -2.32. The van der Waals surface area contributed by atoms with E-state index in [1.807, 2.05) is 38.1 Å². The minimum atomic E-state index is -0.615. The molecular formula is C20H28N2O3. The summed E-state index contributed by atoms with van der Waals surface area (Å²) in [7, 11) is 0. The van der Waals surface area contributed by atoms with E-state index in [4.69, 9.17) is 4.74 Å². The molecule has 1 aliphatic heterocycles. The van der Waals surface area contributed by atoms with Gasteiger partial charge in [-0.1, -0.05) is 44.4 Å². The molecule has 5 nitrogen and oxygen atoms in total. The van der Waals surface area contributed by atoms with Gasteiger partial charge in [-0.15, -0.1) is 0 Å². The molecule has 2 aliphatic rings. The first-order chi connectivity index (χ1) is 12.1. The van der Waals surface area contributed by atoms with Crippen molar-refractivity contribution in [2.75, 3.05) is 6.54 Å². The Kier molecular flexibility index (Phi) is 5.61. The van der Waals surface area contributed by atoms with Crippen molar-refractivity contribution >= 4 is 11.8 Å². The van der Waals surface area contributed by atoms with E-state index in [9.17, 15) is 9.59 Å². The lowest BCUT2D eigenvalue weighted by atomic mass is 9.94. The summed E-state index contributed by atoms with van der Waals surface area (Å²) in [6, 6.07) is 7.18. The van der Waals surface area contributed by atoms with Gasteiger partial charge in [-0.3, -0.25) is 9.59 Å². The van der Waals surface area contributed by atoms with Crippen LogP contribution in [0.1, 0.15) is 64.0 Å². The summed E-state index contributed by atoms with van der Waals surface area (Å²) in [5.74, 6) is 0.597. The Bertz CT molecular complexity index is 625. The van der Waals surface area contributed by atoms with Gasteiger partial charge in [0.1, 0.15) is 17.9 Å². The van der Waals surface area contributed by atoms with Crippen LogP contribution in [0.15, 0.2) is 24.3 Å². The summed E-state index contributed by atoms with van der Waals surface area (Å²) in [6.45, 7) is 4.19. The second-order valence-corrected chi connectivity index (χ2v) is 7.11. The first-order valence-electron chi connectivity index (χ1n) is 9.45. The Morgan fingerprint density at radius 1 is 1.20 bits per heavy atom. The first-order valence-corrected chi connectivity index (χ1v) is 9.45. The number of carbonyl (C=O) groups excluding carboxylic acids is 2. The van der Waals surface area contributed by atoms with E-state index < -0.39 is 6.04 Å². The monoisotopic (exact) mass is 344 g/mol. The summed E-state index contributed by atoms with van der Waals surface area (Å²) in [5, 5.41) is 3.19. The van der Waals surface area contributed by atoms with Gasteiger partial charge in [0.05, 0.1) is 6.54 Å². The molecule has 2 atom stereocenters. The first kappa shape index (κ1) is 17.8. The average Bonchev–Trinajstić information content (AvgIpc) is 2.77. The second kappa shape index (κ2) is 7.89. The van der Waals surface area contributed by atoms with Crippen LogP contribution in [0.4, 0.5) is 0 Å². The third kappa shape index (κ3) is 3.97. The minimum absolute atomic E-state index is 0.0176. The molecule has 1 aromatic rings. The predicted octanol–water partition coefficient (Wildman–Crippen LogP) is 3.20. The molecule has 1 fully saturated rings. The van der Waals surface area contributed by atoms with E-state index in [2.05, 4.69) is 5.32 Å². The molecule has 25 heavy (non-hydrogen) atoms. The predicted molar refractivity (Wildman–Crippen MR) is 96.3 cm³/mol. The lowest BCUT2D eigenvalue weighted by molar-refractivity contribution is -0.141. The molecule has 5 heteroatoms. The smallest absolute Gasteiger partial charge is 0.247 e. The van der Waals surface area contributed by atoms with Crippen molar-refractivity contribution < 1.29 is 14.3 Å². The highest BCUT2D eigenvalue weighted by Crippen LogP contribution is 2.34. The number of nitrogens with one attached hydrogen (secondary N) is 1. The van der Waals surface area contributed by atoms with Crippen LogP contribution >= 0.6 is 0 Å². The molecule has 0 bridgehead atoms. The van der Waals surface area contributed by atoms with Crippen LogP contribution < -0.4 is 10.1 Å². The van der Waals surface area contributed by atoms with Gasteiger partial charge in [-0.05, 0) is 25.8 Å². The van der Waals surface area contributed by atoms with Crippen LogP contribution in [-0.2, 0) is 9.59 Å². The molecule has 1 N–H and O–H groups in total. The van der Waals surface area contributed by atoms with Crippen molar-refractivity contribution in [1.82, 2.24) is 10.2 Å². The van der Waals surface area contributed by atoms with Crippen LogP contribution in [0.2, 0.25) is 0 Å². The molecule has 136 valence electrons. The van der Waals surface area contributed by atoms with Crippen LogP contribution in [0.5, 0.6) is 5.75 Å². The van der Waals surface area contributed by atoms with Gasteiger partial charge in [-0.2, -0.15) is 0 Å². The molecule has 1 aliphatic carbocycles. The fourth-order valence-corrected chi connectivity index (χ4v) is 3.88. The lowest BCUT2D eigenvalue weighted by Crippen LogP contribution is -2.48. The van der Waals surface area contributed by atoms with Crippen molar-refractivity contribution in [3.8, 4) is 5.75 Å². The Labute approximate surface area is 149 Å². The van der Waals surface area contributed by atoms with Gasteiger partial charge in [0.2, 0.25) is 11.8 Å². The number of amides is 2. The fourth-order valence-electron chi connectivity index (χ4n) is 3.88. The van der Waals surface area contributed by atoms with Crippen LogP contribution in [0.25, 0.3) is 0 Å². The molecule has 0 saturated heterocycles. The van der Waals surface area contributed by atoms with Crippen LogP contribution in [0, 0.1) is 0 Å². The maximum atomic E-state index is 13.2.